The van der Waals surface area contributed by atoms with Crippen LogP contribution in [0.1, 0.15) is 32.7 Å². The number of halogens is 3. The van der Waals surface area contributed by atoms with E-state index in [4.69, 9.17) is 4.74 Å². The fourth-order valence-corrected chi connectivity index (χ4v) is 3.67. The van der Waals surface area contributed by atoms with Gasteiger partial charge in [-0.05, 0) is 37.5 Å². The number of ether oxygens (including phenoxy) is 1. The number of hydrogen-bond donors (Lipinski definition) is 1. The zero-order valence-corrected chi connectivity index (χ0v) is 16.8. The van der Waals surface area contributed by atoms with Crippen LogP contribution in [0.4, 0.5) is 13.2 Å². The van der Waals surface area contributed by atoms with Crippen molar-refractivity contribution in [2.24, 2.45) is 0 Å². The van der Waals surface area contributed by atoms with Crippen molar-refractivity contribution in [2.45, 2.75) is 25.9 Å². The number of aryl methyl sites for hydroxylation is 2. The van der Waals surface area contributed by atoms with Crippen LogP contribution in [0.3, 0.4) is 0 Å². The molecule has 1 aromatic carbocycles. The highest BCUT2D eigenvalue weighted by Crippen LogP contribution is 2.29. The molecule has 0 unspecified atom stereocenters. The second-order valence-corrected chi connectivity index (χ2v) is 7.43. The smallest absolute Gasteiger partial charge is 0.378 e. The van der Waals surface area contributed by atoms with Gasteiger partial charge in [-0.1, -0.05) is 12.1 Å². The minimum absolute atomic E-state index is 0.217. The molecule has 7 nitrogen and oxygen atoms in total. The molecular formula is C21H21F3N4O3. The molecule has 0 spiro atoms. The van der Waals surface area contributed by atoms with Gasteiger partial charge in [0.05, 0.1) is 18.8 Å². The third-order valence-corrected chi connectivity index (χ3v) is 5.44. The molecule has 1 aliphatic heterocycles. The lowest BCUT2D eigenvalue weighted by molar-refractivity contribution is -0.137. The average molecular weight is 434 g/mol. The number of morpholine rings is 1. The van der Waals surface area contributed by atoms with Gasteiger partial charge < -0.3 is 9.64 Å². The van der Waals surface area contributed by atoms with E-state index in [2.05, 4.69) is 10.1 Å². The fraction of sp³-hybridized carbons (Fsp3) is 0.381. The van der Waals surface area contributed by atoms with E-state index in [-0.39, 0.29) is 17.1 Å². The van der Waals surface area contributed by atoms with Gasteiger partial charge in [0.2, 0.25) is 0 Å². The molecule has 1 fully saturated rings. The van der Waals surface area contributed by atoms with Crippen LogP contribution in [-0.2, 0) is 23.8 Å². The minimum atomic E-state index is -4.38. The van der Waals surface area contributed by atoms with Crippen molar-refractivity contribution in [3.63, 3.8) is 0 Å². The SMILES string of the molecule is Cc1nc2c(C(=O)N3CCOCC3)c[nH]n2c(=O)c1CCc1ccc(C(F)(F)F)cc1. The highest BCUT2D eigenvalue weighted by molar-refractivity contribution is 5.99. The number of aromatic nitrogens is 3. The zero-order chi connectivity index (χ0) is 22.2. The van der Waals surface area contributed by atoms with Crippen LogP contribution in [0.5, 0.6) is 0 Å². The molecule has 3 heterocycles. The molecule has 0 saturated carbocycles. The molecule has 1 saturated heterocycles. The molecule has 2 aromatic heterocycles. The second kappa shape index (κ2) is 8.18. The summed E-state index contributed by atoms with van der Waals surface area (Å²) in [5.74, 6) is -0.217. The van der Waals surface area contributed by atoms with E-state index in [9.17, 15) is 22.8 Å². The van der Waals surface area contributed by atoms with E-state index in [0.717, 1.165) is 12.1 Å². The Morgan fingerprint density at radius 1 is 1.16 bits per heavy atom. The van der Waals surface area contributed by atoms with E-state index in [1.54, 1.807) is 11.8 Å². The molecule has 1 amide bonds. The number of fused-ring (bicyclic) bond motifs is 1. The topological polar surface area (TPSA) is 79.7 Å². The molecule has 0 atom stereocenters. The van der Waals surface area contributed by atoms with Crippen molar-refractivity contribution in [3.8, 4) is 0 Å². The molecule has 3 aromatic rings. The molecule has 1 N–H and O–H groups in total. The first-order chi connectivity index (χ1) is 14.8. The fourth-order valence-electron chi connectivity index (χ4n) is 3.67. The van der Waals surface area contributed by atoms with Crippen molar-refractivity contribution < 1.29 is 22.7 Å². The number of amides is 1. The van der Waals surface area contributed by atoms with E-state index in [1.165, 1.54) is 22.8 Å². The zero-order valence-electron chi connectivity index (χ0n) is 16.8. The van der Waals surface area contributed by atoms with Crippen LogP contribution in [-0.4, -0.2) is 51.7 Å². The van der Waals surface area contributed by atoms with Crippen molar-refractivity contribution in [2.75, 3.05) is 26.3 Å². The number of carbonyl (C=O) groups excluding carboxylic acids is 1. The predicted molar refractivity (Wildman–Crippen MR) is 106 cm³/mol. The third kappa shape index (κ3) is 4.20. The normalized spacial score (nSPS) is 14.9. The quantitative estimate of drug-likeness (QED) is 0.685. The molecule has 164 valence electrons. The van der Waals surface area contributed by atoms with Crippen molar-refractivity contribution in [3.05, 3.63) is 68.8 Å². The Bertz CT molecular complexity index is 1160. The van der Waals surface area contributed by atoms with E-state index >= 15 is 0 Å². The van der Waals surface area contributed by atoms with Crippen molar-refractivity contribution in [1.82, 2.24) is 19.5 Å². The molecule has 4 rings (SSSR count). The average Bonchev–Trinajstić information content (AvgIpc) is 3.17. The number of benzene rings is 1. The summed E-state index contributed by atoms with van der Waals surface area (Å²) in [5.41, 5.74) is 1.17. The Labute approximate surface area is 175 Å². The lowest BCUT2D eigenvalue weighted by Crippen LogP contribution is -2.40. The maximum atomic E-state index is 13.0. The van der Waals surface area contributed by atoms with Gasteiger partial charge in [0.25, 0.3) is 11.5 Å². The minimum Gasteiger partial charge on any atom is -0.378 e. The number of nitrogens with one attached hydrogen (secondary N) is 1. The Hall–Kier alpha value is -3.14. The van der Waals surface area contributed by atoms with Gasteiger partial charge in [0, 0.05) is 30.5 Å². The van der Waals surface area contributed by atoms with Crippen molar-refractivity contribution >= 4 is 11.6 Å². The van der Waals surface area contributed by atoms with Crippen LogP contribution < -0.4 is 5.56 Å². The number of aromatic amines is 1. The van der Waals surface area contributed by atoms with E-state index in [0.29, 0.717) is 61.5 Å². The molecule has 0 radical (unpaired) electrons. The van der Waals surface area contributed by atoms with Gasteiger partial charge in [-0.3, -0.25) is 14.7 Å². The number of H-pyrrole nitrogens is 1. The first-order valence-corrected chi connectivity index (χ1v) is 9.88. The summed E-state index contributed by atoms with van der Waals surface area (Å²) < 4.78 is 44.6. The summed E-state index contributed by atoms with van der Waals surface area (Å²) >= 11 is 0. The van der Waals surface area contributed by atoms with Crippen LogP contribution in [0, 0.1) is 6.92 Å². The monoisotopic (exact) mass is 434 g/mol. The summed E-state index contributed by atoms with van der Waals surface area (Å²) in [4.78, 5) is 31.9. The van der Waals surface area contributed by atoms with Gasteiger partial charge in [0.1, 0.15) is 5.56 Å². The van der Waals surface area contributed by atoms with Crippen molar-refractivity contribution in [1.29, 1.82) is 0 Å². The Morgan fingerprint density at radius 2 is 1.84 bits per heavy atom. The highest BCUT2D eigenvalue weighted by atomic mass is 19.4. The lowest BCUT2D eigenvalue weighted by Gasteiger charge is -2.26. The number of hydrogen-bond acceptors (Lipinski definition) is 4. The Balaban J connectivity index is 1.57. The summed E-state index contributed by atoms with van der Waals surface area (Å²) in [6.07, 6.45) is -2.20. The summed E-state index contributed by atoms with van der Waals surface area (Å²) in [6.45, 7) is 3.58. The largest absolute Gasteiger partial charge is 0.416 e. The molecule has 0 aliphatic carbocycles. The standard InChI is InChI=1S/C21H21F3N4O3/c1-13-16(7-4-14-2-5-15(6-3-14)21(22,23)24)20(30)28-18(26-13)17(12-25-28)19(29)27-8-10-31-11-9-27/h2-3,5-6,12,25H,4,7-11H2,1H3. The van der Waals surface area contributed by atoms with Gasteiger partial charge in [-0.15, -0.1) is 0 Å². The summed E-state index contributed by atoms with van der Waals surface area (Å²) in [5, 5.41) is 2.80. The maximum Gasteiger partial charge on any atom is 0.416 e. The third-order valence-electron chi connectivity index (χ3n) is 5.44. The number of nitrogens with zero attached hydrogens (tertiary/aromatic N) is 3. The van der Waals surface area contributed by atoms with Crippen LogP contribution in [0.25, 0.3) is 5.65 Å². The Kier molecular flexibility index (Phi) is 5.57. The lowest BCUT2D eigenvalue weighted by atomic mass is 10.0. The maximum absolute atomic E-state index is 13.0. The predicted octanol–water partition coefficient (Wildman–Crippen LogP) is 2.61. The van der Waals surface area contributed by atoms with Gasteiger partial charge in [-0.25, -0.2) is 9.50 Å². The highest BCUT2D eigenvalue weighted by Gasteiger charge is 2.30. The number of carbonyl (C=O) groups is 1. The van der Waals surface area contributed by atoms with Crippen LogP contribution in [0.15, 0.2) is 35.3 Å². The van der Waals surface area contributed by atoms with Crippen LogP contribution in [0.2, 0.25) is 0 Å². The Morgan fingerprint density at radius 3 is 2.48 bits per heavy atom. The number of rotatable bonds is 4. The van der Waals surface area contributed by atoms with E-state index in [1.807, 2.05) is 0 Å². The molecule has 10 heteroatoms. The second-order valence-electron chi connectivity index (χ2n) is 7.43. The molecule has 31 heavy (non-hydrogen) atoms. The van der Waals surface area contributed by atoms with E-state index < -0.39 is 11.7 Å². The van der Waals surface area contributed by atoms with Gasteiger partial charge >= 0.3 is 6.18 Å². The molecular weight excluding hydrogens is 413 g/mol. The van der Waals surface area contributed by atoms with Gasteiger partial charge in [-0.2, -0.15) is 13.2 Å². The summed E-state index contributed by atoms with van der Waals surface area (Å²) in [6, 6.07) is 4.89. The number of alkyl halides is 3. The van der Waals surface area contributed by atoms with Crippen LogP contribution >= 0.6 is 0 Å². The molecule has 1 aliphatic rings. The first-order valence-electron chi connectivity index (χ1n) is 9.88. The first kappa shape index (κ1) is 21.1. The van der Waals surface area contributed by atoms with Gasteiger partial charge in [0.15, 0.2) is 5.65 Å². The summed E-state index contributed by atoms with van der Waals surface area (Å²) in [7, 11) is 0. The molecule has 0 bridgehead atoms.